The van der Waals surface area contributed by atoms with Crippen LogP contribution in [0.1, 0.15) is 39.4 Å². The van der Waals surface area contributed by atoms with Crippen LogP contribution in [-0.2, 0) is 11.3 Å². The van der Waals surface area contributed by atoms with Crippen molar-refractivity contribution in [3.8, 4) is 6.07 Å². The lowest BCUT2D eigenvalue weighted by atomic mass is 9.95. The molecule has 2 aromatic heterocycles. The number of rotatable bonds is 5. The van der Waals surface area contributed by atoms with Crippen molar-refractivity contribution < 1.29 is 9.32 Å². The molecule has 0 atom stereocenters. The van der Waals surface area contributed by atoms with Crippen LogP contribution in [0, 0.1) is 23.7 Å². The summed E-state index contributed by atoms with van der Waals surface area (Å²) in [5, 5.41) is 19.3. The van der Waals surface area contributed by atoms with Crippen molar-refractivity contribution in [1.82, 2.24) is 14.7 Å². The van der Waals surface area contributed by atoms with Crippen LogP contribution in [0.5, 0.6) is 0 Å². The Bertz CT molecular complexity index is 1370. The van der Waals surface area contributed by atoms with Gasteiger partial charge in [0.15, 0.2) is 11.4 Å². The molecule has 0 spiro atoms. The van der Waals surface area contributed by atoms with Gasteiger partial charge in [0.2, 0.25) is 5.91 Å². The Morgan fingerprint density at radius 1 is 1.34 bits per heavy atom. The highest BCUT2D eigenvalue weighted by molar-refractivity contribution is 7.07. The number of benzene rings is 1. The van der Waals surface area contributed by atoms with Crippen molar-refractivity contribution in [2.75, 3.05) is 10.6 Å². The maximum absolute atomic E-state index is 12.9. The first kappa shape index (κ1) is 23.0. The van der Waals surface area contributed by atoms with Crippen LogP contribution < -0.4 is 25.4 Å². The second kappa shape index (κ2) is 9.20. The fraction of sp³-hybridized carbons (Fsp3) is 0.318. The quantitative estimate of drug-likeness (QED) is 0.608. The first-order chi connectivity index (χ1) is 15.1. The summed E-state index contributed by atoms with van der Waals surface area (Å²) in [4.78, 5) is 29.2. The number of thiazole rings is 1. The van der Waals surface area contributed by atoms with Gasteiger partial charge in [-0.3, -0.25) is 14.2 Å². The van der Waals surface area contributed by atoms with Gasteiger partial charge in [0.05, 0.1) is 0 Å². The van der Waals surface area contributed by atoms with Gasteiger partial charge in [0.1, 0.15) is 15.3 Å². The first-order valence-corrected chi connectivity index (χ1v) is 10.8. The molecule has 2 N–H and O–H groups in total. The van der Waals surface area contributed by atoms with Crippen molar-refractivity contribution in [2.45, 2.75) is 41.2 Å². The third kappa shape index (κ3) is 4.95. The van der Waals surface area contributed by atoms with E-state index in [0.29, 0.717) is 32.9 Å². The fourth-order valence-corrected chi connectivity index (χ4v) is 3.81. The molecule has 0 fully saturated rings. The van der Waals surface area contributed by atoms with Crippen LogP contribution in [-0.4, -0.2) is 20.6 Å². The van der Waals surface area contributed by atoms with E-state index in [-0.39, 0.29) is 22.9 Å². The number of anilines is 2. The fourth-order valence-electron chi connectivity index (χ4n) is 2.73. The molecule has 0 saturated carbocycles. The Balaban J connectivity index is 1.99. The highest BCUT2D eigenvalue weighted by atomic mass is 32.1. The van der Waals surface area contributed by atoms with E-state index in [4.69, 9.17) is 4.52 Å². The molecule has 1 aromatic carbocycles. The molecule has 0 bridgehead atoms. The molecule has 166 valence electrons. The Hall–Kier alpha value is -3.71. The van der Waals surface area contributed by atoms with Crippen molar-refractivity contribution in [2.24, 2.45) is 5.41 Å². The monoisotopic (exact) mass is 452 g/mol. The molecule has 10 heteroatoms. The van der Waals surface area contributed by atoms with Crippen molar-refractivity contribution in [3.05, 3.63) is 55.5 Å². The summed E-state index contributed by atoms with van der Waals surface area (Å²) in [7, 11) is 0. The number of carbonyl (C=O) groups is 1. The van der Waals surface area contributed by atoms with E-state index in [2.05, 4.69) is 26.8 Å². The Morgan fingerprint density at radius 3 is 2.66 bits per heavy atom. The van der Waals surface area contributed by atoms with E-state index in [1.807, 2.05) is 33.8 Å². The van der Waals surface area contributed by atoms with Gasteiger partial charge in [-0.25, -0.2) is 0 Å². The Kier molecular flexibility index (Phi) is 6.60. The van der Waals surface area contributed by atoms with Crippen molar-refractivity contribution in [1.29, 1.82) is 5.26 Å². The standard InChI is InChI=1S/C22H24N6O3S/c1-6-28-19(29)17(32-20(28)16(11-23)18-25-13(2)27-31-18)12-24-14-8-7-9-15(10-14)26-21(30)22(3,4)5/h7-10,12,24H,6H2,1-5H3,(H,26,30). The van der Waals surface area contributed by atoms with E-state index in [0.717, 1.165) is 11.3 Å². The van der Waals surface area contributed by atoms with Gasteiger partial charge < -0.3 is 15.2 Å². The first-order valence-electron chi connectivity index (χ1n) is 9.97. The summed E-state index contributed by atoms with van der Waals surface area (Å²) in [6.45, 7) is 9.38. The topological polar surface area (TPSA) is 126 Å². The van der Waals surface area contributed by atoms with E-state index < -0.39 is 5.41 Å². The largest absolute Gasteiger partial charge is 0.360 e. The number of hydrogen-bond donors (Lipinski definition) is 2. The predicted octanol–water partition coefficient (Wildman–Crippen LogP) is 2.18. The number of amides is 1. The molecule has 2 heterocycles. The average molecular weight is 453 g/mol. The summed E-state index contributed by atoms with van der Waals surface area (Å²) in [6.07, 6.45) is 1.58. The zero-order valence-electron chi connectivity index (χ0n) is 18.5. The molecule has 0 aliphatic rings. The van der Waals surface area contributed by atoms with Crippen LogP contribution >= 0.6 is 11.3 Å². The molecule has 3 aromatic rings. The van der Waals surface area contributed by atoms with Gasteiger partial charge in [0.25, 0.3) is 11.4 Å². The van der Waals surface area contributed by atoms with Gasteiger partial charge in [0, 0.05) is 29.5 Å². The SMILES string of the molecule is CCn1c(=C(C#N)c2nc(C)no2)sc(=CNc2cccc(NC(=O)C(C)(C)C)c2)c1=O. The molecule has 0 aliphatic carbocycles. The maximum Gasteiger partial charge on any atom is 0.271 e. The van der Waals surface area contributed by atoms with Crippen LogP contribution in [0.4, 0.5) is 11.4 Å². The molecule has 3 rings (SSSR count). The molecule has 0 saturated heterocycles. The normalized spacial score (nSPS) is 12.9. The lowest BCUT2D eigenvalue weighted by Crippen LogP contribution is -2.31. The summed E-state index contributed by atoms with van der Waals surface area (Å²) in [5.41, 5.74) is 0.751. The van der Waals surface area contributed by atoms with Gasteiger partial charge in [-0.1, -0.05) is 32.0 Å². The number of aromatic nitrogens is 3. The molecule has 0 radical (unpaired) electrons. The lowest BCUT2D eigenvalue weighted by Gasteiger charge is -2.18. The predicted molar refractivity (Wildman–Crippen MR) is 123 cm³/mol. The minimum Gasteiger partial charge on any atom is -0.360 e. The van der Waals surface area contributed by atoms with E-state index in [1.165, 1.54) is 4.57 Å². The van der Waals surface area contributed by atoms with E-state index in [9.17, 15) is 14.9 Å². The number of aryl methyl sites for hydroxylation is 1. The summed E-state index contributed by atoms with van der Waals surface area (Å²) < 4.78 is 7.48. The van der Waals surface area contributed by atoms with Crippen LogP contribution in [0.15, 0.2) is 33.6 Å². The smallest absolute Gasteiger partial charge is 0.271 e. The van der Waals surface area contributed by atoms with Crippen molar-refractivity contribution >= 4 is 40.4 Å². The van der Waals surface area contributed by atoms with Crippen LogP contribution in [0.2, 0.25) is 0 Å². The number of hydrogen-bond acceptors (Lipinski definition) is 8. The summed E-state index contributed by atoms with van der Waals surface area (Å²) in [6, 6.07) is 9.27. The van der Waals surface area contributed by atoms with Crippen molar-refractivity contribution in [3.63, 3.8) is 0 Å². The average Bonchev–Trinajstić information content (AvgIpc) is 3.30. The number of nitrogens with zero attached hydrogens (tertiary/aromatic N) is 4. The van der Waals surface area contributed by atoms with E-state index >= 15 is 0 Å². The maximum atomic E-state index is 12.9. The van der Waals surface area contributed by atoms with E-state index in [1.54, 1.807) is 31.3 Å². The Labute approximate surface area is 188 Å². The molecular formula is C22H24N6O3S. The van der Waals surface area contributed by atoms with Crippen LogP contribution in [0.3, 0.4) is 0 Å². The second-order valence-corrected chi connectivity index (χ2v) is 9.06. The Morgan fingerprint density at radius 2 is 2.06 bits per heavy atom. The molecule has 0 aliphatic heterocycles. The zero-order chi connectivity index (χ0) is 23.5. The van der Waals surface area contributed by atoms with Gasteiger partial charge >= 0.3 is 0 Å². The highest BCUT2D eigenvalue weighted by Gasteiger charge is 2.21. The minimum absolute atomic E-state index is 0.0789. The number of nitrogens with one attached hydrogen (secondary N) is 2. The molecule has 9 nitrogen and oxygen atoms in total. The third-order valence-electron chi connectivity index (χ3n) is 4.46. The van der Waals surface area contributed by atoms with Gasteiger partial charge in [-0.15, -0.1) is 11.3 Å². The lowest BCUT2D eigenvalue weighted by molar-refractivity contribution is -0.123. The zero-order valence-corrected chi connectivity index (χ0v) is 19.3. The molecule has 1 amide bonds. The highest BCUT2D eigenvalue weighted by Crippen LogP contribution is 2.20. The summed E-state index contributed by atoms with van der Waals surface area (Å²) in [5.74, 6) is 0.389. The molecule has 0 unspecified atom stereocenters. The summed E-state index contributed by atoms with van der Waals surface area (Å²) >= 11 is 1.16. The number of nitriles is 1. The van der Waals surface area contributed by atoms with Crippen LogP contribution in [0.25, 0.3) is 11.8 Å². The molecule has 32 heavy (non-hydrogen) atoms. The van der Waals surface area contributed by atoms with Gasteiger partial charge in [-0.05, 0) is 32.0 Å². The molecular weight excluding hydrogens is 428 g/mol. The van der Waals surface area contributed by atoms with Gasteiger partial charge in [-0.2, -0.15) is 10.2 Å². The third-order valence-corrected chi connectivity index (χ3v) is 5.59. The number of carbonyl (C=O) groups excluding carboxylic acids is 1. The minimum atomic E-state index is -0.514. The second-order valence-electron chi connectivity index (χ2n) is 8.03.